The molecular weight excluding hydrogens is 446 g/mol. The first kappa shape index (κ1) is 25.5. The van der Waals surface area contributed by atoms with E-state index in [-0.39, 0.29) is 11.3 Å². The lowest BCUT2D eigenvalue weighted by atomic mass is 9.87. The summed E-state index contributed by atoms with van der Waals surface area (Å²) in [5.74, 6) is 0.148. The molecule has 6 nitrogen and oxygen atoms in total. The van der Waals surface area contributed by atoms with Gasteiger partial charge in [-0.3, -0.25) is 14.8 Å². The van der Waals surface area contributed by atoms with Crippen molar-refractivity contribution in [2.75, 3.05) is 5.32 Å². The zero-order chi connectivity index (χ0) is 25.0. The number of carbonyl (C=O) groups excluding carboxylic acids is 1. The predicted molar refractivity (Wildman–Crippen MR) is 141 cm³/mol. The first-order valence-corrected chi connectivity index (χ1v) is 11.9. The minimum atomic E-state index is -0.226. The topological polar surface area (TPSA) is 71.3 Å². The monoisotopic (exact) mass is 479 g/mol. The lowest BCUT2D eigenvalue weighted by Crippen LogP contribution is -2.36. The summed E-state index contributed by atoms with van der Waals surface area (Å²) in [4.78, 5) is 17.8. The molecule has 0 atom stereocenters. The molecule has 1 heterocycles. The highest BCUT2D eigenvalue weighted by Crippen LogP contribution is 2.23. The van der Waals surface area contributed by atoms with Crippen LogP contribution < -0.4 is 10.6 Å². The Hall–Kier alpha value is -3.12. The van der Waals surface area contributed by atoms with Crippen LogP contribution >= 0.6 is 11.6 Å². The SMILES string of the molecule is CCn1nc(C)c(CN=C(NC(=O)c2ccc(C(C)(C)C)cc2)Nc2ccc(Cl)cc2C)c1C. The van der Waals surface area contributed by atoms with Crippen molar-refractivity contribution in [3.8, 4) is 0 Å². The fraction of sp³-hybridized carbons (Fsp3) is 0.370. The van der Waals surface area contributed by atoms with Gasteiger partial charge < -0.3 is 5.32 Å². The number of hydrogen-bond acceptors (Lipinski definition) is 3. The Balaban J connectivity index is 1.88. The molecule has 0 saturated heterocycles. The van der Waals surface area contributed by atoms with Crippen LogP contribution in [0.5, 0.6) is 0 Å². The Kier molecular flexibility index (Phi) is 7.82. The van der Waals surface area contributed by atoms with E-state index in [4.69, 9.17) is 16.6 Å². The van der Waals surface area contributed by atoms with E-state index in [0.717, 1.165) is 34.7 Å². The van der Waals surface area contributed by atoms with Crippen molar-refractivity contribution in [3.63, 3.8) is 0 Å². The molecule has 7 heteroatoms. The Morgan fingerprint density at radius 3 is 2.32 bits per heavy atom. The van der Waals surface area contributed by atoms with Crippen molar-refractivity contribution in [1.82, 2.24) is 15.1 Å². The molecule has 0 aliphatic heterocycles. The second-order valence-electron chi connectivity index (χ2n) is 9.50. The van der Waals surface area contributed by atoms with Gasteiger partial charge in [-0.15, -0.1) is 0 Å². The van der Waals surface area contributed by atoms with Gasteiger partial charge in [-0.1, -0.05) is 44.5 Å². The van der Waals surface area contributed by atoms with Gasteiger partial charge in [0.1, 0.15) is 0 Å². The Labute approximate surface area is 207 Å². The van der Waals surface area contributed by atoms with E-state index in [9.17, 15) is 4.79 Å². The van der Waals surface area contributed by atoms with Crippen molar-refractivity contribution < 1.29 is 4.79 Å². The van der Waals surface area contributed by atoms with Crippen LogP contribution in [0, 0.1) is 20.8 Å². The predicted octanol–water partition coefficient (Wildman–Crippen LogP) is 6.18. The van der Waals surface area contributed by atoms with Gasteiger partial charge in [0, 0.05) is 34.1 Å². The summed E-state index contributed by atoms with van der Waals surface area (Å²) in [6.07, 6.45) is 0. The van der Waals surface area contributed by atoms with Crippen molar-refractivity contribution in [2.24, 2.45) is 4.99 Å². The molecule has 0 saturated carbocycles. The highest BCUT2D eigenvalue weighted by Gasteiger charge is 2.16. The van der Waals surface area contributed by atoms with Crippen molar-refractivity contribution in [1.29, 1.82) is 0 Å². The number of aliphatic imine (C=N–C) groups is 1. The highest BCUT2D eigenvalue weighted by atomic mass is 35.5. The summed E-state index contributed by atoms with van der Waals surface area (Å²) in [5, 5.41) is 11.5. The first-order valence-electron chi connectivity index (χ1n) is 11.5. The third-order valence-electron chi connectivity index (χ3n) is 5.91. The number of nitrogens with one attached hydrogen (secondary N) is 2. The molecule has 0 radical (unpaired) electrons. The van der Waals surface area contributed by atoms with Crippen LogP contribution in [0.25, 0.3) is 0 Å². The number of anilines is 1. The molecule has 3 aromatic rings. The third kappa shape index (κ3) is 6.06. The van der Waals surface area contributed by atoms with Crippen molar-refractivity contribution in [2.45, 2.75) is 67.0 Å². The fourth-order valence-electron chi connectivity index (χ4n) is 3.74. The molecule has 180 valence electrons. The molecule has 0 aliphatic rings. The van der Waals surface area contributed by atoms with E-state index in [0.29, 0.717) is 23.1 Å². The maximum atomic E-state index is 13.1. The average Bonchev–Trinajstić information content (AvgIpc) is 3.05. The van der Waals surface area contributed by atoms with E-state index < -0.39 is 0 Å². The maximum absolute atomic E-state index is 13.1. The Morgan fingerprint density at radius 2 is 1.76 bits per heavy atom. The van der Waals surface area contributed by atoms with E-state index >= 15 is 0 Å². The Bertz CT molecular complexity index is 1200. The summed E-state index contributed by atoms with van der Waals surface area (Å²) in [6.45, 7) is 15.7. The molecule has 1 amide bonds. The van der Waals surface area contributed by atoms with Gasteiger partial charge >= 0.3 is 0 Å². The number of amides is 1. The summed E-state index contributed by atoms with van der Waals surface area (Å²) in [6, 6.07) is 13.2. The van der Waals surface area contributed by atoms with E-state index in [1.54, 1.807) is 6.07 Å². The summed E-state index contributed by atoms with van der Waals surface area (Å²) >= 11 is 6.12. The van der Waals surface area contributed by atoms with Gasteiger partial charge in [-0.2, -0.15) is 5.10 Å². The fourth-order valence-corrected chi connectivity index (χ4v) is 3.96. The van der Waals surface area contributed by atoms with Gasteiger partial charge in [0.05, 0.1) is 12.2 Å². The van der Waals surface area contributed by atoms with Crippen molar-refractivity contribution in [3.05, 3.63) is 81.1 Å². The number of aryl methyl sites for hydroxylation is 3. The molecule has 0 spiro atoms. The van der Waals surface area contributed by atoms with E-state index in [1.165, 1.54) is 5.56 Å². The molecule has 3 rings (SSSR count). The maximum Gasteiger partial charge on any atom is 0.257 e. The number of aromatic nitrogens is 2. The normalized spacial score (nSPS) is 12.1. The van der Waals surface area contributed by atoms with Gasteiger partial charge in [0.25, 0.3) is 5.91 Å². The lowest BCUT2D eigenvalue weighted by molar-refractivity contribution is 0.0977. The van der Waals surface area contributed by atoms with Crippen LogP contribution in [0.2, 0.25) is 5.02 Å². The summed E-state index contributed by atoms with van der Waals surface area (Å²) in [7, 11) is 0. The molecule has 0 bridgehead atoms. The van der Waals surface area contributed by atoms with Crippen LogP contribution in [0.3, 0.4) is 0 Å². The Morgan fingerprint density at radius 1 is 1.09 bits per heavy atom. The molecule has 2 aromatic carbocycles. The van der Waals surface area contributed by atoms with Crippen LogP contribution in [-0.2, 0) is 18.5 Å². The summed E-state index contributed by atoms with van der Waals surface area (Å²) in [5.41, 5.74) is 6.61. The lowest BCUT2D eigenvalue weighted by Gasteiger charge is -2.19. The number of hydrogen-bond donors (Lipinski definition) is 2. The van der Waals surface area contributed by atoms with Gasteiger partial charge in [-0.25, -0.2) is 4.99 Å². The second-order valence-corrected chi connectivity index (χ2v) is 9.93. The van der Waals surface area contributed by atoms with Gasteiger partial charge in [-0.05, 0) is 74.6 Å². The number of guanidine groups is 1. The van der Waals surface area contributed by atoms with Gasteiger partial charge in [0.2, 0.25) is 5.96 Å². The molecule has 0 unspecified atom stereocenters. The number of rotatable bonds is 5. The molecule has 1 aromatic heterocycles. The molecule has 34 heavy (non-hydrogen) atoms. The van der Waals surface area contributed by atoms with Crippen molar-refractivity contribution >= 4 is 29.2 Å². The standard InChI is InChI=1S/C27H34ClN5O/c1-8-33-19(4)23(18(3)32-33)16-29-26(30-24-14-13-22(28)15-17(24)2)31-25(34)20-9-11-21(12-10-20)27(5,6)7/h9-15H,8,16H2,1-7H3,(H2,29,30,31,34). The third-order valence-corrected chi connectivity index (χ3v) is 6.15. The zero-order valence-corrected chi connectivity index (χ0v) is 21.8. The molecule has 0 fully saturated rings. The van der Waals surface area contributed by atoms with E-state index in [2.05, 4.69) is 43.4 Å². The average molecular weight is 480 g/mol. The largest absolute Gasteiger partial charge is 0.326 e. The number of nitrogens with zero attached hydrogens (tertiary/aromatic N) is 3. The van der Waals surface area contributed by atoms with E-state index in [1.807, 2.05) is 61.9 Å². The molecule has 0 aliphatic carbocycles. The minimum Gasteiger partial charge on any atom is -0.326 e. The quantitative estimate of drug-likeness (QED) is 0.339. The highest BCUT2D eigenvalue weighted by molar-refractivity contribution is 6.30. The second kappa shape index (κ2) is 10.4. The number of halogens is 1. The van der Waals surface area contributed by atoms with Crippen LogP contribution in [0.15, 0.2) is 47.5 Å². The molecule has 2 N–H and O–H groups in total. The minimum absolute atomic E-state index is 0.0218. The molecular formula is C27H34ClN5O. The zero-order valence-electron chi connectivity index (χ0n) is 21.1. The van der Waals surface area contributed by atoms with Crippen LogP contribution in [0.1, 0.15) is 66.1 Å². The smallest absolute Gasteiger partial charge is 0.257 e. The first-order chi connectivity index (χ1) is 16.0. The number of carbonyl (C=O) groups is 1. The van der Waals surface area contributed by atoms with Crippen LogP contribution in [-0.4, -0.2) is 21.6 Å². The van der Waals surface area contributed by atoms with Gasteiger partial charge in [0.15, 0.2) is 0 Å². The number of benzene rings is 2. The van der Waals surface area contributed by atoms with Crippen LogP contribution in [0.4, 0.5) is 5.69 Å². The summed E-state index contributed by atoms with van der Waals surface area (Å²) < 4.78 is 1.96.